The first-order chi connectivity index (χ1) is 15.5. The lowest BCUT2D eigenvalue weighted by Gasteiger charge is -2.09. The van der Waals surface area contributed by atoms with E-state index in [9.17, 15) is 14.4 Å². The number of esters is 1. The number of carbonyl (C=O) groups excluding carboxylic acids is 2. The van der Waals surface area contributed by atoms with Crippen molar-refractivity contribution in [1.29, 1.82) is 0 Å². The molecule has 10 heteroatoms. The number of benzene rings is 2. The number of para-hydroxylation sites is 2. The molecule has 1 N–H and O–H groups in total. The van der Waals surface area contributed by atoms with Gasteiger partial charge in [-0.25, -0.2) is 14.6 Å². The van der Waals surface area contributed by atoms with Gasteiger partial charge in [0, 0.05) is 28.8 Å². The smallest absolute Gasteiger partial charge is 0.411 e. The number of hydrogen-bond donors (Lipinski definition) is 1. The second kappa shape index (κ2) is 9.56. The van der Waals surface area contributed by atoms with E-state index >= 15 is 0 Å². The molecule has 2 aromatic carbocycles. The van der Waals surface area contributed by atoms with Gasteiger partial charge < -0.3 is 18.3 Å². The number of nitrogens with zero attached hydrogens (tertiary/aromatic N) is 1. The topological polar surface area (TPSA) is 121 Å². The van der Waals surface area contributed by atoms with Gasteiger partial charge in [0.15, 0.2) is 5.58 Å². The van der Waals surface area contributed by atoms with Gasteiger partial charge in [0.05, 0.1) is 6.61 Å². The third-order valence-electron chi connectivity index (χ3n) is 4.33. The Kier molecular flexibility index (Phi) is 6.41. The molecular formula is C22H18N2O7S. The van der Waals surface area contributed by atoms with Crippen molar-refractivity contribution in [3.8, 4) is 0 Å². The van der Waals surface area contributed by atoms with Gasteiger partial charge in [0.1, 0.15) is 23.5 Å². The van der Waals surface area contributed by atoms with Crippen LogP contribution in [-0.4, -0.2) is 29.4 Å². The number of oxazole rings is 1. The van der Waals surface area contributed by atoms with Crippen LogP contribution in [0.3, 0.4) is 0 Å². The molecule has 164 valence electrons. The SMILES string of the molecule is CCOC(=O)Nc1ccc2c(COC(=O)CSc3nc4ccccc4o3)cc(=O)oc2c1. The highest BCUT2D eigenvalue weighted by Crippen LogP contribution is 2.24. The molecule has 0 aliphatic rings. The van der Waals surface area contributed by atoms with Gasteiger partial charge in [-0.05, 0) is 31.2 Å². The summed E-state index contributed by atoms with van der Waals surface area (Å²) in [5.74, 6) is -0.487. The lowest BCUT2D eigenvalue weighted by atomic mass is 10.1. The third kappa shape index (κ3) is 5.09. The zero-order chi connectivity index (χ0) is 22.5. The molecule has 4 aromatic rings. The fraction of sp³-hybridized carbons (Fsp3) is 0.182. The van der Waals surface area contributed by atoms with Crippen molar-refractivity contribution in [2.45, 2.75) is 18.8 Å². The average Bonchev–Trinajstić information content (AvgIpc) is 3.19. The van der Waals surface area contributed by atoms with E-state index in [2.05, 4.69) is 10.3 Å². The molecule has 2 aromatic heterocycles. The molecule has 0 aliphatic heterocycles. The summed E-state index contributed by atoms with van der Waals surface area (Å²) in [4.78, 5) is 40.0. The van der Waals surface area contributed by atoms with Crippen LogP contribution in [0.1, 0.15) is 12.5 Å². The van der Waals surface area contributed by atoms with E-state index in [1.807, 2.05) is 18.2 Å². The normalized spacial score (nSPS) is 10.9. The molecule has 4 rings (SSSR count). The Bertz CT molecular complexity index is 1310. The van der Waals surface area contributed by atoms with Gasteiger partial charge in [-0.2, -0.15) is 0 Å². The zero-order valence-electron chi connectivity index (χ0n) is 17.0. The Hall–Kier alpha value is -3.79. The molecule has 0 unspecified atom stereocenters. The molecule has 0 bridgehead atoms. The van der Waals surface area contributed by atoms with Crippen LogP contribution in [0.2, 0.25) is 0 Å². The molecule has 0 fully saturated rings. The highest BCUT2D eigenvalue weighted by Gasteiger charge is 2.13. The Labute approximate surface area is 185 Å². The number of rotatable bonds is 7. The van der Waals surface area contributed by atoms with E-state index in [-0.39, 0.29) is 24.5 Å². The lowest BCUT2D eigenvalue weighted by Crippen LogP contribution is -2.13. The maximum atomic E-state index is 12.2. The van der Waals surface area contributed by atoms with E-state index in [1.54, 1.807) is 25.1 Å². The first-order valence-electron chi connectivity index (χ1n) is 9.66. The first-order valence-corrected chi connectivity index (χ1v) is 10.6. The zero-order valence-corrected chi connectivity index (χ0v) is 17.8. The Morgan fingerprint density at radius 1 is 1.06 bits per heavy atom. The van der Waals surface area contributed by atoms with Crippen molar-refractivity contribution >= 4 is 51.6 Å². The third-order valence-corrected chi connectivity index (χ3v) is 5.13. The van der Waals surface area contributed by atoms with Gasteiger partial charge in [-0.1, -0.05) is 23.9 Å². The predicted molar refractivity (Wildman–Crippen MR) is 118 cm³/mol. The minimum atomic E-state index is -0.615. The van der Waals surface area contributed by atoms with E-state index < -0.39 is 17.7 Å². The van der Waals surface area contributed by atoms with Gasteiger partial charge in [0.25, 0.3) is 5.22 Å². The Morgan fingerprint density at radius 3 is 2.72 bits per heavy atom. The molecule has 2 heterocycles. The maximum absolute atomic E-state index is 12.2. The van der Waals surface area contributed by atoms with Crippen molar-refractivity contribution in [3.05, 3.63) is 64.5 Å². The summed E-state index contributed by atoms with van der Waals surface area (Å²) in [5.41, 5.74) is 1.89. The van der Waals surface area contributed by atoms with Crippen LogP contribution in [0.5, 0.6) is 0 Å². The van der Waals surface area contributed by atoms with E-state index in [0.29, 0.717) is 33.0 Å². The van der Waals surface area contributed by atoms with Gasteiger partial charge >= 0.3 is 17.7 Å². The number of amides is 1. The number of aromatic nitrogens is 1. The van der Waals surface area contributed by atoms with Crippen LogP contribution < -0.4 is 10.9 Å². The van der Waals surface area contributed by atoms with Crippen LogP contribution in [0.4, 0.5) is 10.5 Å². The predicted octanol–water partition coefficient (Wildman–Crippen LogP) is 4.34. The number of anilines is 1. The molecular weight excluding hydrogens is 436 g/mol. The van der Waals surface area contributed by atoms with Crippen molar-refractivity contribution < 1.29 is 27.9 Å². The van der Waals surface area contributed by atoms with Gasteiger partial charge in [0.2, 0.25) is 0 Å². The summed E-state index contributed by atoms with van der Waals surface area (Å²) in [6, 6.07) is 13.4. The minimum Gasteiger partial charge on any atom is -0.460 e. The second-order valence-electron chi connectivity index (χ2n) is 6.54. The number of thioether (sulfide) groups is 1. The number of ether oxygens (including phenoxy) is 2. The van der Waals surface area contributed by atoms with E-state index in [4.69, 9.17) is 18.3 Å². The largest absolute Gasteiger partial charge is 0.460 e. The number of fused-ring (bicyclic) bond motifs is 2. The molecule has 1 amide bonds. The van der Waals surface area contributed by atoms with Crippen molar-refractivity contribution in [2.24, 2.45) is 0 Å². The standard InChI is InChI=1S/C22H18N2O7S/c1-2-28-21(27)23-14-7-8-15-13(9-19(25)30-18(15)10-14)11-29-20(26)12-32-22-24-16-5-3-4-6-17(16)31-22/h3-10H,2,11-12H2,1H3,(H,23,27). The molecule has 0 atom stereocenters. The number of nitrogens with one attached hydrogen (secondary N) is 1. The maximum Gasteiger partial charge on any atom is 0.411 e. The van der Waals surface area contributed by atoms with Crippen LogP contribution in [0, 0.1) is 0 Å². The molecule has 0 spiro atoms. The minimum absolute atomic E-state index is 0.000195. The van der Waals surface area contributed by atoms with Crippen LogP contribution >= 0.6 is 11.8 Å². The summed E-state index contributed by atoms with van der Waals surface area (Å²) >= 11 is 1.12. The fourth-order valence-electron chi connectivity index (χ4n) is 2.95. The summed E-state index contributed by atoms with van der Waals surface area (Å²) in [6.45, 7) is 1.81. The van der Waals surface area contributed by atoms with Crippen LogP contribution in [-0.2, 0) is 20.9 Å². The highest BCUT2D eigenvalue weighted by atomic mass is 32.2. The summed E-state index contributed by atoms with van der Waals surface area (Å²) in [6.07, 6.45) is -0.615. The summed E-state index contributed by atoms with van der Waals surface area (Å²) in [5, 5.41) is 3.49. The molecule has 9 nitrogen and oxygen atoms in total. The summed E-state index contributed by atoms with van der Waals surface area (Å²) < 4.78 is 20.9. The van der Waals surface area contributed by atoms with Gasteiger partial charge in [-0.15, -0.1) is 0 Å². The van der Waals surface area contributed by atoms with Crippen LogP contribution in [0.15, 0.2) is 67.4 Å². The summed E-state index contributed by atoms with van der Waals surface area (Å²) in [7, 11) is 0. The first kappa shape index (κ1) is 21.4. The van der Waals surface area contributed by atoms with Crippen molar-refractivity contribution in [2.75, 3.05) is 17.7 Å². The molecule has 0 radical (unpaired) electrons. The molecule has 32 heavy (non-hydrogen) atoms. The fourth-order valence-corrected chi connectivity index (χ4v) is 3.58. The van der Waals surface area contributed by atoms with Gasteiger partial charge in [-0.3, -0.25) is 10.1 Å². The number of carbonyl (C=O) groups is 2. The van der Waals surface area contributed by atoms with E-state index in [0.717, 1.165) is 11.8 Å². The van der Waals surface area contributed by atoms with Crippen LogP contribution in [0.25, 0.3) is 22.1 Å². The quantitative estimate of drug-likeness (QED) is 0.247. The van der Waals surface area contributed by atoms with Crippen molar-refractivity contribution in [3.63, 3.8) is 0 Å². The monoisotopic (exact) mass is 454 g/mol. The van der Waals surface area contributed by atoms with E-state index in [1.165, 1.54) is 12.1 Å². The second-order valence-corrected chi connectivity index (χ2v) is 7.47. The van der Waals surface area contributed by atoms with Crippen molar-refractivity contribution in [1.82, 2.24) is 4.98 Å². The lowest BCUT2D eigenvalue weighted by molar-refractivity contribution is -0.141. The molecule has 0 saturated heterocycles. The molecule has 0 saturated carbocycles. The molecule has 0 aliphatic carbocycles. The Balaban J connectivity index is 1.41. The highest BCUT2D eigenvalue weighted by molar-refractivity contribution is 7.99. The average molecular weight is 454 g/mol. The Morgan fingerprint density at radius 2 is 1.91 bits per heavy atom. The number of hydrogen-bond acceptors (Lipinski definition) is 9.